The average Bonchev–Trinajstić information content (AvgIpc) is 2.42. The number of halogens is 1. The zero-order valence-electron chi connectivity index (χ0n) is 12.2. The van der Waals surface area contributed by atoms with E-state index in [1.165, 1.54) is 25.7 Å². The van der Waals surface area contributed by atoms with E-state index in [2.05, 4.69) is 34.7 Å². The first kappa shape index (κ1) is 18.5. The van der Waals surface area contributed by atoms with E-state index in [9.17, 15) is 4.79 Å². The molecule has 3 heteroatoms. The fourth-order valence-electron chi connectivity index (χ4n) is 1.71. The zero-order chi connectivity index (χ0) is 14.2. The Morgan fingerprint density at radius 2 is 1.68 bits per heavy atom. The van der Waals surface area contributed by atoms with Gasteiger partial charge in [0.1, 0.15) is 0 Å². The first-order chi connectivity index (χ1) is 9.31. The molecule has 110 valence electrons. The number of hydrogen-bond donors (Lipinski definition) is 0. The molecule has 2 nitrogen and oxygen atoms in total. The summed E-state index contributed by atoms with van der Waals surface area (Å²) >= 11 is 3.30. The molecular formula is C16H27BrO2. The van der Waals surface area contributed by atoms with Crippen molar-refractivity contribution in [2.24, 2.45) is 0 Å². The van der Waals surface area contributed by atoms with Crippen molar-refractivity contribution in [2.45, 2.75) is 71.1 Å². The third-order valence-electron chi connectivity index (χ3n) is 2.78. The summed E-state index contributed by atoms with van der Waals surface area (Å²) in [6.45, 7) is 2.67. The Labute approximate surface area is 126 Å². The highest BCUT2D eigenvalue weighted by Gasteiger charge is 2.01. The van der Waals surface area contributed by atoms with Gasteiger partial charge in [0, 0.05) is 24.6 Å². The van der Waals surface area contributed by atoms with Crippen LogP contribution in [0.5, 0.6) is 0 Å². The number of hydrogen-bond acceptors (Lipinski definition) is 2. The van der Waals surface area contributed by atoms with Crippen LogP contribution < -0.4 is 0 Å². The van der Waals surface area contributed by atoms with Gasteiger partial charge in [-0.15, -0.1) is 11.8 Å². The molecule has 0 fully saturated rings. The van der Waals surface area contributed by atoms with Gasteiger partial charge in [-0.1, -0.05) is 48.5 Å². The Balaban J connectivity index is 3.12. The number of alkyl halides is 1. The van der Waals surface area contributed by atoms with Gasteiger partial charge >= 0.3 is 5.97 Å². The first-order valence-corrected chi connectivity index (χ1v) is 8.60. The summed E-state index contributed by atoms with van der Waals surface area (Å²) in [6, 6.07) is 0. The molecule has 0 aromatic rings. The van der Waals surface area contributed by atoms with Crippen molar-refractivity contribution in [3.05, 3.63) is 0 Å². The maximum absolute atomic E-state index is 11.2. The van der Waals surface area contributed by atoms with Crippen molar-refractivity contribution in [2.75, 3.05) is 11.9 Å². The minimum atomic E-state index is -0.0612. The highest BCUT2D eigenvalue weighted by Crippen LogP contribution is 2.07. The van der Waals surface area contributed by atoms with Gasteiger partial charge in [-0.2, -0.15) is 0 Å². The van der Waals surface area contributed by atoms with Gasteiger partial charge in [-0.3, -0.25) is 4.79 Å². The number of carbonyl (C=O) groups excluding carboxylic acids is 1. The summed E-state index contributed by atoms with van der Waals surface area (Å²) in [7, 11) is 0. The zero-order valence-corrected chi connectivity index (χ0v) is 13.8. The highest BCUT2D eigenvalue weighted by atomic mass is 79.9. The minimum absolute atomic E-state index is 0.0612. The fourth-order valence-corrected chi connectivity index (χ4v) is 1.99. The summed E-state index contributed by atoms with van der Waals surface area (Å²) < 4.78 is 5.14. The van der Waals surface area contributed by atoms with E-state index in [0.29, 0.717) is 13.0 Å². The molecule has 0 aliphatic rings. The van der Waals surface area contributed by atoms with E-state index in [-0.39, 0.29) is 5.97 Å². The van der Waals surface area contributed by atoms with E-state index in [1.54, 1.807) is 0 Å². The Hall–Kier alpha value is -0.490. The number of esters is 1. The van der Waals surface area contributed by atoms with Gasteiger partial charge in [0.05, 0.1) is 6.61 Å². The Bertz CT molecular complexity index is 266. The fraction of sp³-hybridized carbons (Fsp3) is 0.812. The molecule has 0 aromatic heterocycles. The lowest BCUT2D eigenvalue weighted by Gasteiger charge is -2.04. The third-order valence-corrected chi connectivity index (χ3v) is 3.34. The van der Waals surface area contributed by atoms with Crippen LogP contribution in [0.25, 0.3) is 0 Å². The average molecular weight is 331 g/mol. The standard InChI is InChI=1S/C16H27BrO2/c1-2-3-4-5-6-7-8-9-10-11-15-19-16(18)13-12-14-17/h2,5-15H2,1H3. The Morgan fingerprint density at radius 3 is 2.37 bits per heavy atom. The van der Waals surface area contributed by atoms with E-state index in [0.717, 1.165) is 37.4 Å². The summed E-state index contributed by atoms with van der Waals surface area (Å²) in [5.41, 5.74) is 0. The lowest BCUT2D eigenvalue weighted by molar-refractivity contribution is -0.143. The second-order valence-electron chi connectivity index (χ2n) is 4.59. The largest absolute Gasteiger partial charge is 0.466 e. The minimum Gasteiger partial charge on any atom is -0.466 e. The molecule has 0 aromatic carbocycles. The number of carbonyl (C=O) groups is 1. The molecule has 0 aliphatic carbocycles. The predicted molar refractivity (Wildman–Crippen MR) is 84.4 cm³/mol. The van der Waals surface area contributed by atoms with Crippen LogP contribution in [0.1, 0.15) is 71.1 Å². The number of unbranched alkanes of at least 4 members (excludes halogenated alkanes) is 6. The topological polar surface area (TPSA) is 26.3 Å². The van der Waals surface area contributed by atoms with Crippen LogP contribution in [0.3, 0.4) is 0 Å². The van der Waals surface area contributed by atoms with Gasteiger partial charge in [0.2, 0.25) is 0 Å². The van der Waals surface area contributed by atoms with E-state index < -0.39 is 0 Å². The molecule has 0 amide bonds. The van der Waals surface area contributed by atoms with Crippen LogP contribution in [0.4, 0.5) is 0 Å². The third kappa shape index (κ3) is 15.5. The van der Waals surface area contributed by atoms with Crippen molar-refractivity contribution in [3.8, 4) is 11.8 Å². The van der Waals surface area contributed by atoms with Crippen LogP contribution in [0, 0.1) is 11.8 Å². The van der Waals surface area contributed by atoms with Crippen LogP contribution in [-0.4, -0.2) is 17.9 Å². The predicted octanol–water partition coefficient (Wildman–Crippen LogP) is 4.85. The summed E-state index contributed by atoms with van der Waals surface area (Å²) in [5, 5.41) is 0.866. The van der Waals surface area contributed by atoms with Crippen molar-refractivity contribution in [1.82, 2.24) is 0 Å². The van der Waals surface area contributed by atoms with Crippen molar-refractivity contribution in [1.29, 1.82) is 0 Å². The summed E-state index contributed by atoms with van der Waals surface area (Å²) in [4.78, 5) is 11.2. The molecule has 0 N–H and O–H groups in total. The number of rotatable bonds is 11. The van der Waals surface area contributed by atoms with E-state index in [4.69, 9.17) is 4.74 Å². The van der Waals surface area contributed by atoms with Crippen molar-refractivity contribution < 1.29 is 9.53 Å². The first-order valence-electron chi connectivity index (χ1n) is 7.48. The van der Waals surface area contributed by atoms with Gasteiger partial charge < -0.3 is 4.74 Å². The maximum atomic E-state index is 11.2. The van der Waals surface area contributed by atoms with Gasteiger partial charge in [0.15, 0.2) is 0 Å². The SMILES string of the molecule is CCC#CCCCCCCCCOC(=O)CCCBr. The van der Waals surface area contributed by atoms with Crippen LogP contribution >= 0.6 is 15.9 Å². The van der Waals surface area contributed by atoms with Crippen LogP contribution in [-0.2, 0) is 9.53 Å². The second-order valence-corrected chi connectivity index (χ2v) is 5.38. The maximum Gasteiger partial charge on any atom is 0.305 e. The molecule has 0 rings (SSSR count). The molecule has 0 radical (unpaired) electrons. The van der Waals surface area contributed by atoms with Crippen molar-refractivity contribution >= 4 is 21.9 Å². The molecule has 0 saturated heterocycles. The molecule has 0 bridgehead atoms. The molecule has 0 heterocycles. The highest BCUT2D eigenvalue weighted by molar-refractivity contribution is 9.09. The molecule has 0 spiro atoms. The quantitative estimate of drug-likeness (QED) is 0.234. The van der Waals surface area contributed by atoms with Gasteiger partial charge in [-0.25, -0.2) is 0 Å². The molecule has 0 saturated carbocycles. The Kier molecular flexibility index (Phi) is 15.2. The van der Waals surface area contributed by atoms with E-state index >= 15 is 0 Å². The molecular weight excluding hydrogens is 304 g/mol. The molecule has 19 heavy (non-hydrogen) atoms. The summed E-state index contributed by atoms with van der Waals surface area (Å²) in [6.07, 6.45) is 10.5. The molecule has 0 unspecified atom stereocenters. The van der Waals surface area contributed by atoms with Crippen molar-refractivity contribution in [3.63, 3.8) is 0 Å². The van der Waals surface area contributed by atoms with Gasteiger partial charge in [0.25, 0.3) is 0 Å². The monoisotopic (exact) mass is 330 g/mol. The molecule has 0 atom stereocenters. The summed E-state index contributed by atoms with van der Waals surface area (Å²) in [5.74, 6) is 6.19. The smallest absolute Gasteiger partial charge is 0.305 e. The lowest BCUT2D eigenvalue weighted by Crippen LogP contribution is -2.05. The lowest BCUT2D eigenvalue weighted by atomic mass is 10.1. The Morgan fingerprint density at radius 1 is 1.00 bits per heavy atom. The van der Waals surface area contributed by atoms with E-state index in [1.807, 2.05) is 0 Å². The normalized spacial score (nSPS) is 9.79. The second kappa shape index (κ2) is 15.6. The number of ether oxygens (including phenoxy) is 1. The van der Waals surface area contributed by atoms with Gasteiger partial charge in [-0.05, 0) is 19.3 Å². The van der Waals surface area contributed by atoms with Crippen LogP contribution in [0.15, 0.2) is 0 Å². The molecule has 0 aliphatic heterocycles. The van der Waals surface area contributed by atoms with Crippen LogP contribution in [0.2, 0.25) is 0 Å².